The van der Waals surface area contributed by atoms with Gasteiger partial charge in [-0.15, -0.1) is 0 Å². The summed E-state index contributed by atoms with van der Waals surface area (Å²) in [6.45, 7) is 4.58. The number of hydrogen-bond acceptors (Lipinski definition) is 5. The molecule has 1 unspecified atom stereocenters. The number of amides is 1. The van der Waals surface area contributed by atoms with Crippen molar-refractivity contribution in [3.63, 3.8) is 0 Å². The Hall–Kier alpha value is -2.89. The SMILES string of the molecule is Cc1ccc2c(CC(=O)N3CCCC3c3cc(N)nc(C)n3)coc2c1. The van der Waals surface area contributed by atoms with Gasteiger partial charge in [0, 0.05) is 23.6 Å². The highest BCUT2D eigenvalue weighted by atomic mass is 16.3. The zero-order valence-corrected chi connectivity index (χ0v) is 15.0. The molecule has 6 nitrogen and oxygen atoms in total. The number of aryl methyl sites for hydroxylation is 2. The molecule has 1 fully saturated rings. The molecule has 2 aromatic heterocycles. The molecule has 3 heterocycles. The Morgan fingerprint density at radius 1 is 1.31 bits per heavy atom. The number of fused-ring (bicyclic) bond motifs is 1. The van der Waals surface area contributed by atoms with E-state index < -0.39 is 0 Å². The van der Waals surface area contributed by atoms with Crippen LogP contribution in [0.2, 0.25) is 0 Å². The quantitative estimate of drug-likeness (QED) is 0.783. The highest BCUT2D eigenvalue weighted by molar-refractivity contribution is 5.88. The van der Waals surface area contributed by atoms with E-state index >= 15 is 0 Å². The molecule has 1 aromatic carbocycles. The molecule has 2 N–H and O–H groups in total. The van der Waals surface area contributed by atoms with Crippen LogP contribution in [-0.2, 0) is 11.2 Å². The molecule has 3 aromatic rings. The zero-order valence-electron chi connectivity index (χ0n) is 15.0. The normalized spacial score (nSPS) is 17.2. The van der Waals surface area contributed by atoms with E-state index in [1.54, 1.807) is 12.3 Å². The summed E-state index contributed by atoms with van der Waals surface area (Å²) < 4.78 is 5.63. The first-order chi connectivity index (χ1) is 12.5. The number of anilines is 1. The van der Waals surface area contributed by atoms with Crippen LogP contribution in [0.3, 0.4) is 0 Å². The third-order valence-electron chi connectivity index (χ3n) is 4.95. The Morgan fingerprint density at radius 2 is 2.15 bits per heavy atom. The van der Waals surface area contributed by atoms with Gasteiger partial charge in [-0.2, -0.15) is 0 Å². The summed E-state index contributed by atoms with van der Waals surface area (Å²) in [6.07, 6.45) is 3.88. The van der Waals surface area contributed by atoms with Gasteiger partial charge < -0.3 is 15.1 Å². The van der Waals surface area contributed by atoms with E-state index in [1.165, 1.54) is 0 Å². The average Bonchev–Trinajstić information content (AvgIpc) is 3.21. The van der Waals surface area contributed by atoms with Gasteiger partial charge in [0.15, 0.2) is 0 Å². The number of nitrogen functional groups attached to an aromatic ring is 1. The monoisotopic (exact) mass is 350 g/mol. The van der Waals surface area contributed by atoms with Crippen molar-refractivity contribution in [3.8, 4) is 0 Å². The van der Waals surface area contributed by atoms with Crippen molar-refractivity contribution < 1.29 is 9.21 Å². The van der Waals surface area contributed by atoms with Crippen LogP contribution in [0.4, 0.5) is 5.82 Å². The lowest BCUT2D eigenvalue weighted by atomic mass is 10.1. The van der Waals surface area contributed by atoms with Crippen molar-refractivity contribution in [1.29, 1.82) is 0 Å². The summed E-state index contributed by atoms with van der Waals surface area (Å²) in [5.41, 5.74) is 9.58. The van der Waals surface area contributed by atoms with E-state index in [4.69, 9.17) is 10.2 Å². The van der Waals surface area contributed by atoms with Crippen molar-refractivity contribution in [2.75, 3.05) is 12.3 Å². The minimum Gasteiger partial charge on any atom is -0.464 e. The first kappa shape index (κ1) is 16.6. The summed E-state index contributed by atoms with van der Waals surface area (Å²) in [6, 6.07) is 7.80. The van der Waals surface area contributed by atoms with E-state index in [0.717, 1.165) is 47.2 Å². The number of nitrogens with two attached hydrogens (primary N) is 1. The molecule has 134 valence electrons. The second kappa shape index (κ2) is 6.44. The van der Waals surface area contributed by atoms with Crippen LogP contribution in [0.1, 0.15) is 41.5 Å². The molecule has 0 saturated carbocycles. The van der Waals surface area contributed by atoms with Crippen molar-refractivity contribution >= 4 is 22.7 Å². The third-order valence-corrected chi connectivity index (χ3v) is 4.95. The van der Waals surface area contributed by atoms with Gasteiger partial charge in [-0.3, -0.25) is 4.79 Å². The van der Waals surface area contributed by atoms with Gasteiger partial charge in [-0.05, 0) is 38.3 Å². The summed E-state index contributed by atoms with van der Waals surface area (Å²) in [7, 11) is 0. The number of furan rings is 1. The van der Waals surface area contributed by atoms with E-state index in [2.05, 4.69) is 9.97 Å². The summed E-state index contributed by atoms with van der Waals surface area (Å²) in [4.78, 5) is 23.5. The predicted octanol–water partition coefficient (Wildman–Crippen LogP) is 3.33. The number of hydrogen-bond donors (Lipinski definition) is 1. The standard InChI is InChI=1S/C20H22N4O2/c1-12-5-6-15-14(11-26-18(15)8-12)9-20(25)24-7-3-4-17(24)16-10-19(21)23-13(2)22-16/h5-6,8,10-11,17H,3-4,7,9H2,1-2H3,(H2,21,22,23). The molecular formula is C20H22N4O2. The number of aromatic nitrogens is 2. The maximum atomic E-state index is 13.0. The van der Waals surface area contributed by atoms with E-state index in [0.29, 0.717) is 18.1 Å². The van der Waals surface area contributed by atoms with Crippen LogP contribution in [0.15, 0.2) is 34.9 Å². The number of rotatable bonds is 3. The number of likely N-dealkylation sites (tertiary alicyclic amines) is 1. The molecule has 1 saturated heterocycles. The molecule has 0 aliphatic carbocycles. The van der Waals surface area contributed by atoms with Crippen LogP contribution in [0.25, 0.3) is 11.0 Å². The third kappa shape index (κ3) is 3.03. The number of nitrogens with zero attached hydrogens (tertiary/aromatic N) is 3. The Bertz CT molecular complexity index is 959. The first-order valence-electron chi connectivity index (χ1n) is 8.88. The van der Waals surface area contributed by atoms with E-state index in [-0.39, 0.29) is 11.9 Å². The van der Waals surface area contributed by atoms with Gasteiger partial charge in [0.25, 0.3) is 0 Å². The molecule has 26 heavy (non-hydrogen) atoms. The largest absolute Gasteiger partial charge is 0.464 e. The Balaban J connectivity index is 1.58. The van der Waals surface area contributed by atoms with Crippen molar-refractivity contribution in [2.24, 2.45) is 0 Å². The van der Waals surface area contributed by atoms with Crippen LogP contribution in [0.5, 0.6) is 0 Å². The average molecular weight is 350 g/mol. The fraction of sp³-hybridized carbons (Fsp3) is 0.350. The lowest BCUT2D eigenvalue weighted by molar-refractivity contribution is -0.131. The van der Waals surface area contributed by atoms with Crippen LogP contribution in [-0.4, -0.2) is 27.3 Å². The van der Waals surface area contributed by atoms with Gasteiger partial charge in [-0.1, -0.05) is 12.1 Å². The van der Waals surface area contributed by atoms with E-state index in [9.17, 15) is 4.79 Å². The molecular weight excluding hydrogens is 328 g/mol. The van der Waals surface area contributed by atoms with Gasteiger partial charge in [0.1, 0.15) is 17.2 Å². The Kier molecular flexibility index (Phi) is 4.11. The van der Waals surface area contributed by atoms with E-state index in [1.807, 2.05) is 36.9 Å². The minimum atomic E-state index is -0.0353. The fourth-order valence-corrected chi connectivity index (χ4v) is 3.75. The number of carbonyl (C=O) groups excluding carboxylic acids is 1. The molecule has 1 aliphatic rings. The maximum Gasteiger partial charge on any atom is 0.227 e. The highest BCUT2D eigenvalue weighted by Gasteiger charge is 2.31. The van der Waals surface area contributed by atoms with Gasteiger partial charge in [-0.25, -0.2) is 9.97 Å². The first-order valence-corrected chi connectivity index (χ1v) is 8.88. The summed E-state index contributed by atoms with van der Waals surface area (Å²) >= 11 is 0. The Labute approximate surface area is 152 Å². The second-order valence-corrected chi connectivity index (χ2v) is 6.95. The Morgan fingerprint density at radius 3 is 2.96 bits per heavy atom. The predicted molar refractivity (Wildman–Crippen MR) is 99.5 cm³/mol. The topological polar surface area (TPSA) is 85.2 Å². The smallest absolute Gasteiger partial charge is 0.227 e. The lowest BCUT2D eigenvalue weighted by Crippen LogP contribution is -2.32. The molecule has 4 rings (SSSR count). The molecule has 0 radical (unpaired) electrons. The van der Waals surface area contributed by atoms with Crippen molar-refractivity contribution in [3.05, 3.63) is 53.2 Å². The van der Waals surface area contributed by atoms with Gasteiger partial charge in [0.2, 0.25) is 5.91 Å². The zero-order chi connectivity index (χ0) is 18.3. The van der Waals surface area contributed by atoms with Crippen LogP contribution in [0, 0.1) is 13.8 Å². The second-order valence-electron chi connectivity index (χ2n) is 6.95. The number of carbonyl (C=O) groups is 1. The molecule has 1 aliphatic heterocycles. The fourth-order valence-electron chi connectivity index (χ4n) is 3.75. The maximum absolute atomic E-state index is 13.0. The minimum absolute atomic E-state index is 0.0353. The van der Waals surface area contributed by atoms with Crippen LogP contribution < -0.4 is 5.73 Å². The van der Waals surface area contributed by atoms with Crippen LogP contribution >= 0.6 is 0 Å². The molecule has 1 atom stereocenters. The van der Waals surface area contributed by atoms with Gasteiger partial charge in [0.05, 0.1) is 24.4 Å². The molecule has 0 bridgehead atoms. The van der Waals surface area contributed by atoms with Gasteiger partial charge >= 0.3 is 0 Å². The van der Waals surface area contributed by atoms with Crippen molar-refractivity contribution in [2.45, 2.75) is 39.2 Å². The number of benzene rings is 1. The summed E-state index contributed by atoms with van der Waals surface area (Å²) in [5.74, 6) is 1.17. The lowest BCUT2D eigenvalue weighted by Gasteiger charge is -2.24. The summed E-state index contributed by atoms with van der Waals surface area (Å²) in [5, 5.41) is 1.00. The highest BCUT2D eigenvalue weighted by Crippen LogP contribution is 2.32. The molecule has 0 spiro atoms. The molecule has 1 amide bonds. The molecule has 6 heteroatoms. The van der Waals surface area contributed by atoms with Crippen molar-refractivity contribution in [1.82, 2.24) is 14.9 Å².